The van der Waals surface area contributed by atoms with Gasteiger partial charge >= 0.3 is 23.9 Å². The summed E-state index contributed by atoms with van der Waals surface area (Å²) in [5.41, 5.74) is -0.983. The molecule has 0 heterocycles. The number of rotatable bonds is 22. The Morgan fingerprint density at radius 1 is 0.469 bits per heavy atom. The van der Waals surface area contributed by atoms with Crippen molar-refractivity contribution in [2.75, 3.05) is 0 Å². The molecule has 0 unspecified atom stereocenters. The molecule has 0 aliphatic rings. The van der Waals surface area contributed by atoms with Crippen LogP contribution in [0.15, 0.2) is 60.7 Å². The Labute approximate surface area is 294 Å². The minimum absolute atomic E-state index is 0.208. The summed E-state index contributed by atoms with van der Waals surface area (Å²) < 4.78 is 22.4. The van der Waals surface area contributed by atoms with E-state index in [1.165, 1.54) is 0 Å². The molecular weight excluding hydrogens is 620 g/mol. The fourth-order valence-electron chi connectivity index (χ4n) is 5.44. The van der Waals surface area contributed by atoms with Gasteiger partial charge in [-0.2, -0.15) is 0 Å². The van der Waals surface area contributed by atoms with Crippen LogP contribution in [0.5, 0.6) is 0 Å². The lowest BCUT2D eigenvalue weighted by atomic mass is 9.77. The molecule has 8 nitrogen and oxygen atoms in total. The Kier molecular flexibility index (Phi) is 18.1. The topological polar surface area (TPSA) is 105 Å². The predicted molar refractivity (Wildman–Crippen MR) is 191 cm³/mol. The first-order valence-corrected chi connectivity index (χ1v) is 18.1. The van der Waals surface area contributed by atoms with E-state index in [9.17, 15) is 19.2 Å². The van der Waals surface area contributed by atoms with E-state index in [4.69, 9.17) is 18.9 Å². The average Bonchev–Trinajstić information content (AvgIpc) is 3.03. The second-order valence-electron chi connectivity index (χ2n) is 14.9. The third-order valence-corrected chi connectivity index (χ3v) is 8.03. The van der Waals surface area contributed by atoms with Crippen LogP contribution in [0, 0.1) is 5.41 Å². The van der Waals surface area contributed by atoms with Crippen LogP contribution in [0.4, 0.5) is 0 Å². The van der Waals surface area contributed by atoms with Gasteiger partial charge < -0.3 is 18.9 Å². The molecule has 272 valence electrons. The minimum atomic E-state index is -1.40. The maximum absolute atomic E-state index is 13.8. The summed E-state index contributed by atoms with van der Waals surface area (Å²) in [5.74, 6) is -1.48. The van der Waals surface area contributed by atoms with Crippen LogP contribution in [0.2, 0.25) is 0 Å². The zero-order valence-corrected chi connectivity index (χ0v) is 30.9. The van der Waals surface area contributed by atoms with E-state index in [0.29, 0.717) is 38.5 Å². The van der Waals surface area contributed by atoms with Crippen molar-refractivity contribution in [2.45, 2.75) is 156 Å². The van der Waals surface area contributed by atoms with Gasteiger partial charge in [-0.05, 0) is 78.4 Å². The SMILES string of the molecule is CC(C)(C)OC(=O)C(CCCCCCCC(=O)OCc1ccccc1)(CCCCCCCC(=O)OCc1ccccc1)C(=O)OC(C)(C)C. The Bertz CT molecular complexity index is 1160. The van der Waals surface area contributed by atoms with Crippen LogP contribution in [-0.4, -0.2) is 35.1 Å². The highest BCUT2D eigenvalue weighted by molar-refractivity contribution is 6.00. The van der Waals surface area contributed by atoms with Crippen LogP contribution in [0.1, 0.15) is 143 Å². The number of carbonyl (C=O) groups is 4. The standard InChI is InChI=1S/C41H60O8/c1-39(2,3)48-37(44)41(38(45)49-40(4,5)6,29-21-11-7-9-19-27-35(42)46-31-33-23-15-13-16-24-33)30-22-12-8-10-20-28-36(43)47-32-34-25-17-14-18-26-34/h13-18,23-26H,7-12,19-22,27-32H2,1-6H3. The highest BCUT2D eigenvalue weighted by Crippen LogP contribution is 2.38. The van der Waals surface area contributed by atoms with Crippen molar-refractivity contribution >= 4 is 23.9 Å². The summed E-state index contributed by atoms with van der Waals surface area (Å²) in [6, 6.07) is 19.2. The van der Waals surface area contributed by atoms with Gasteiger partial charge in [0.2, 0.25) is 0 Å². The fourth-order valence-corrected chi connectivity index (χ4v) is 5.44. The van der Waals surface area contributed by atoms with Gasteiger partial charge in [-0.25, -0.2) is 0 Å². The third-order valence-electron chi connectivity index (χ3n) is 8.03. The number of esters is 4. The van der Waals surface area contributed by atoms with Crippen molar-refractivity contribution in [3.8, 4) is 0 Å². The zero-order valence-electron chi connectivity index (χ0n) is 30.9. The molecule has 0 atom stereocenters. The molecule has 2 rings (SSSR count). The second-order valence-corrected chi connectivity index (χ2v) is 14.9. The molecule has 0 amide bonds. The molecule has 0 saturated carbocycles. The van der Waals surface area contributed by atoms with Gasteiger partial charge in [0.05, 0.1) is 0 Å². The largest absolute Gasteiger partial charge is 0.461 e. The lowest BCUT2D eigenvalue weighted by Crippen LogP contribution is -2.46. The molecule has 0 N–H and O–H groups in total. The minimum Gasteiger partial charge on any atom is -0.461 e. The summed E-state index contributed by atoms with van der Waals surface area (Å²) in [6.45, 7) is 11.4. The van der Waals surface area contributed by atoms with Gasteiger partial charge in [0, 0.05) is 12.8 Å². The highest BCUT2D eigenvalue weighted by atomic mass is 16.6. The third kappa shape index (κ3) is 18.0. The van der Waals surface area contributed by atoms with Crippen LogP contribution in [-0.2, 0) is 51.3 Å². The monoisotopic (exact) mass is 680 g/mol. The molecule has 2 aromatic carbocycles. The Balaban J connectivity index is 1.86. The van der Waals surface area contributed by atoms with Gasteiger partial charge in [-0.15, -0.1) is 0 Å². The van der Waals surface area contributed by atoms with Crippen LogP contribution >= 0.6 is 0 Å². The number of carbonyl (C=O) groups excluding carboxylic acids is 4. The highest BCUT2D eigenvalue weighted by Gasteiger charge is 2.50. The molecule has 0 fully saturated rings. The maximum Gasteiger partial charge on any atom is 0.324 e. The van der Waals surface area contributed by atoms with Crippen LogP contribution < -0.4 is 0 Å². The molecule has 49 heavy (non-hydrogen) atoms. The first kappa shape index (κ1) is 41.5. The molecule has 2 aromatic rings. The second kappa shape index (κ2) is 21.4. The zero-order chi connectivity index (χ0) is 36.2. The van der Waals surface area contributed by atoms with Gasteiger partial charge in [-0.3, -0.25) is 19.2 Å². The average molecular weight is 681 g/mol. The van der Waals surface area contributed by atoms with Crippen molar-refractivity contribution in [1.82, 2.24) is 0 Å². The van der Waals surface area contributed by atoms with Crippen molar-refractivity contribution in [1.29, 1.82) is 0 Å². The lowest BCUT2D eigenvalue weighted by molar-refractivity contribution is -0.187. The molecule has 0 radical (unpaired) electrons. The molecule has 0 aromatic heterocycles. The number of unbranched alkanes of at least 4 members (excludes halogenated alkanes) is 8. The molecule has 0 aliphatic heterocycles. The molecule has 0 spiro atoms. The maximum atomic E-state index is 13.8. The van der Waals surface area contributed by atoms with Crippen molar-refractivity contribution in [3.63, 3.8) is 0 Å². The Morgan fingerprint density at radius 3 is 1.14 bits per heavy atom. The van der Waals surface area contributed by atoms with Gasteiger partial charge in [0.1, 0.15) is 24.4 Å². The molecule has 8 heteroatoms. The molecule has 0 bridgehead atoms. The first-order chi connectivity index (χ1) is 23.2. The normalized spacial score (nSPS) is 11.9. The van der Waals surface area contributed by atoms with E-state index in [1.807, 2.05) is 60.7 Å². The van der Waals surface area contributed by atoms with E-state index in [0.717, 1.165) is 62.5 Å². The van der Waals surface area contributed by atoms with E-state index >= 15 is 0 Å². The van der Waals surface area contributed by atoms with Gasteiger partial charge in [0.15, 0.2) is 5.41 Å². The summed E-state index contributed by atoms with van der Waals surface area (Å²) in [6.07, 6.45) is 9.23. The molecule has 0 saturated heterocycles. The van der Waals surface area contributed by atoms with E-state index < -0.39 is 28.6 Å². The van der Waals surface area contributed by atoms with Crippen LogP contribution in [0.3, 0.4) is 0 Å². The number of hydrogen-bond donors (Lipinski definition) is 0. The van der Waals surface area contributed by atoms with E-state index in [1.54, 1.807) is 41.5 Å². The predicted octanol–water partition coefficient (Wildman–Crippen LogP) is 9.60. The van der Waals surface area contributed by atoms with E-state index in [-0.39, 0.29) is 25.2 Å². The molecule has 0 aliphatic carbocycles. The summed E-state index contributed by atoms with van der Waals surface area (Å²) in [5, 5.41) is 0. The van der Waals surface area contributed by atoms with Crippen LogP contribution in [0.25, 0.3) is 0 Å². The van der Waals surface area contributed by atoms with E-state index in [2.05, 4.69) is 0 Å². The number of hydrogen-bond acceptors (Lipinski definition) is 8. The fraction of sp³-hybridized carbons (Fsp3) is 0.610. The number of benzene rings is 2. The first-order valence-electron chi connectivity index (χ1n) is 18.1. The quantitative estimate of drug-likeness (QED) is 0.0524. The smallest absolute Gasteiger partial charge is 0.324 e. The summed E-state index contributed by atoms with van der Waals surface area (Å²) in [7, 11) is 0. The molecular formula is C41H60O8. The summed E-state index contributed by atoms with van der Waals surface area (Å²) in [4.78, 5) is 51.9. The van der Waals surface area contributed by atoms with Crippen molar-refractivity contribution in [2.24, 2.45) is 5.41 Å². The van der Waals surface area contributed by atoms with Gasteiger partial charge in [-0.1, -0.05) is 112 Å². The number of ether oxygens (including phenoxy) is 4. The van der Waals surface area contributed by atoms with Crippen molar-refractivity contribution < 1.29 is 38.1 Å². The Hall–Kier alpha value is -3.68. The summed E-state index contributed by atoms with van der Waals surface area (Å²) >= 11 is 0. The Morgan fingerprint density at radius 2 is 0.796 bits per heavy atom. The lowest BCUT2D eigenvalue weighted by Gasteiger charge is -2.35. The van der Waals surface area contributed by atoms with Gasteiger partial charge in [0.25, 0.3) is 0 Å². The van der Waals surface area contributed by atoms with Crippen molar-refractivity contribution in [3.05, 3.63) is 71.8 Å².